The first-order chi connectivity index (χ1) is 27.0. The van der Waals surface area contributed by atoms with E-state index in [4.69, 9.17) is 14.2 Å². The summed E-state index contributed by atoms with van der Waals surface area (Å²) in [6.07, 6.45) is 54.2. The van der Waals surface area contributed by atoms with Crippen molar-refractivity contribution in [1.82, 2.24) is 0 Å². The first-order valence-corrected chi connectivity index (χ1v) is 22.2. The van der Waals surface area contributed by atoms with Crippen molar-refractivity contribution < 1.29 is 28.6 Å². The molecular formula is C49H80O6. The van der Waals surface area contributed by atoms with Gasteiger partial charge in [0, 0.05) is 19.3 Å². The fraction of sp³-hybridized carbons (Fsp3) is 0.653. The maximum Gasteiger partial charge on any atom is 0.306 e. The lowest BCUT2D eigenvalue weighted by Gasteiger charge is -2.18. The molecule has 0 aromatic carbocycles. The second kappa shape index (κ2) is 43.3. The van der Waals surface area contributed by atoms with Gasteiger partial charge in [-0.3, -0.25) is 14.4 Å². The van der Waals surface area contributed by atoms with Crippen molar-refractivity contribution in [2.24, 2.45) is 0 Å². The Morgan fingerprint density at radius 1 is 0.382 bits per heavy atom. The highest BCUT2D eigenvalue weighted by Crippen LogP contribution is 2.13. The molecule has 0 fully saturated rings. The lowest BCUT2D eigenvalue weighted by Crippen LogP contribution is -2.30. The predicted molar refractivity (Wildman–Crippen MR) is 233 cm³/mol. The Kier molecular flexibility index (Phi) is 40.6. The van der Waals surface area contributed by atoms with Crippen molar-refractivity contribution in [2.45, 2.75) is 194 Å². The van der Waals surface area contributed by atoms with E-state index in [1.165, 1.54) is 64.2 Å². The molecule has 0 aromatic heterocycles. The topological polar surface area (TPSA) is 78.9 Å². The summed E-state index contributed by atoms with van der Waals surface area (Å²) in [5.74, 6) is -0.960. The highest BCUT2D eigenvalue weighted by atomic mass is 16.6. The van der Waals surface area contributed by atoms with Crippen molar-refractivity contribution in [2.75, 3.05) is 13.2 Å². The SMILES string of the molecule is CC\C=C/C=C\C=C/C=C\CCCCCC(=O)OC(COC(=O)CCCCCCCCC\C=C/C=C\C=C/CC)COC(=O)CCCCCCCCCCC. The Labute approximate surface area is 337 Å². The molecule has 0 aliphatic rings. The van der Waals surface area contributed by atoms with E-state index >= 15 is 0 Å². The molecule has 0 rings (SSSR count). The minimum Gasteiger partial charge on any atom is -0.462 e. The zero-order valence-corrected chi connectivity index (χ0v) is 35.4. The smallest absolute Gasteiger partial charge is 0.306 e. The Bertz CT molecular complexity index is 1110. The molecule has 1 unspecified atom stereocenters. The van der Waals surface area contributed by atoms with E-state index in [0.29, 0.717) is 19.3 Å². The first-order valence-electron chi connectivity index (χ1n) is 22.2. The summed E-state index contributed by atoms with van der Waals surface area (Å²) in [4.78, 5) is 37.7. The van der Waals surface area contributed by atoms with Crippen molar-refractivity contribution in [3.05, 3.63) is 85.1 Å². The Morgan fingerprint density at radius 3 is 1.13 bits per heavy atom. The second-order valence-electron chi connectivity index (χ2n) is 14.4. The number of allylic oxidation sites excluding steroid dienone is 14. The quantitative estimate of drug-likeness (QED) is 0.0270. The second-order valence-corrected chi connectivity index (χ2v) is 14.4. The number of rotatable bonds is 38. The molecule has 312 valence electrons. The molecule has 0 heterocycles. The van der Waals surface area contributed by atoms with Crippen LogP contribution in [0.3, 0.4) is 0 Å². The van der Waals surface area contributed by atoms with Crippen LogP contribution >= 0.6 is 0 Å². The molecule has 0 aliphatic heterocycles. The number of hydrogen-bond acceptors (Lipinski definition) is 6. The van der Waals surface area contributed by atoms with Crippen LogP contribution in [-0.4, -0.2) is 37.2 Å². The standard InChI is InChI=1S/C49H80O6/c1-4-7-10-13-16-19-21-23-24-26-27-30-33-36-39-42-48(51)54-45-46(44-53-47(50)41-38-35-32-29-18-15-12-9-6-3)55-49(52)43-40-37-34-31-28-25-22-20-17-14-11-8-5-2/h7-8,10-11,13-14,16-17,19-22,25,28,46H,4-6,9,12,15,18,23-24,26-27,29-45H2,1-3H3/b10-7-,11-8-,16-13-,17-14-,21-19-,22-20-,28-25-. The Hall–Kier alpha value is -3.41. The summed E-state index contributed by atoms with van der Waals surface area (Å²) in [6.45, 7) is 6.27. The fourth-order valence-corrected chi connectivity index (χ4v) is 5.74. The van der Waals surface area contributed by atoms with Gasteiger partial charge in [0.25, 0.3) is 0 Å². The zero-order chi connectivity index (χ0) is 40.1. The van der Waals surface area contributed by atoms with Crippen LogP contribution in [0, 0.1) is 0 Å². The lowest BCUT2D eigenvalue weighted by atomic mass is 10.1. The molecule has 0 N–H and O–H groups in total. The molecule has 0 saturated heterocycles. The lowest BCUT2D eigenvalue weighted by molar-refractivity contribution is -0.167. The fourth-order valence-electron chi connectivity index (χ4n) is 5.74. The minimum absolute atomic E-state index is 0.0968. The van der Waals surface area contributed by atoms with Crippen LogP contribution in [0.25, 0.3) is 0 Å². The van der Waals surface area contributed by atoms with E-state index in [2.05, 4.69) is 69.4 Å². The third-order valence-electron chi connectivity index (χ3n) is 9.05. The van der Waals surface area contributed by atoms with Gasteiger partial charge in [-0.1, -0.05) is 196 Å². The largest absolute Gasteiger partial charge is 0.462 e. The summed E-state index contributed by atoms with van der Waals surface area (Å²) >= 11 is 0. The van der Waals surface area contributed by atoms with E-state index in [0.717, 1.165) is 77.0 Å². The summed E-state index contributed by atoms with van der Waals surface area (Å²) < 4.78 is 16.6. The molecule has 6 nitrogen and oxygen atoms in total. The molecule has 0 bridgehead atoms. The highest BCUT2D eigenvalue weighted by molar-refractivity contribution is 5.71. The molecule has 0 aromatic rings. The zero-order valence-electron chi connectivity index (χ0n) is 35.4. The molecule has 0 saturated carbocycles. The van der Waals surface area contributed by atoms with Crippen LogP contribution in [0.4, 0.5) is 0 Å². The van der Waals surface area contributed by atoms with Gasteiger partial charge in [-0.05, 0) is 57.8 Å². The van der Waals surface area contributed by atoms with Gasteiger partial charge >= 0.3 is 17.9 Å². The van der Waals surface area contributed by atoms with Crippen LogP contribution in [0.5, 0.6) is 0 Å². The average molecular weight is 765 g/mol. The van der Waals surface area contributed by atoms with E-state index in [9.17, 15) is 14.4 Å². The third-order valence-corrected chi connectivity index (χ3v) is 9.05. The van der Waals surface area contributed by atoms with Gasteiger partial charge in [0.1, 0.15) is 13.2 Å². The minimum atomic E-state index is -0.798. The molecule has 0 spiro atoms. The summed E-state index contributed by atoms with van der Waals surface area (Å²) in [7, 11) is 0. The maximum atomic E-state index is 12.7. The van der Waals surface area contributed by atoms with Crippen molar-refractivity contribution in [3.8, 4) is 0 Å². The van der Waals surface area contributed by atoms with Gasteiger partial charge in [-0.15, -0.1) is 0 Å². The number of carbonyl (C=O) groups excluding carboxylic acids is 3. The van der Waals surface area contributed by atoms with Gasteiger partial charge in [0.05, 0.1) is 0 Å². The van der Waals surface area contributed by atoms with Gasteiger partial charge in [0.15, 0.2) is 6.10 Å². The molecule has 1 atom stereocenters. The molecule has 0 radical (unpaired) electrons. The van der Waals surface area contributed by atoms with Crippen LogP contribution in [0.1, 0.15) is 188 Å². The van der Waals surface area contributed by atoms with E-state index in [1.54, 1.807) is 0 Å². The van der Waals surface area contributed by atoms with Crippen molar-refractivity contribution in [3.63, 3.8) is 0 Å². The Morgan fingerprint density at radius 2 is 0.709 bits per heavy atom. The van der Waals surface area contributed by atoms with Crippen LogP contribution in [-0.2, 0) is 28.6 Å². The van der Waals surface area contributed by atoms with Crippen molar-refractivity contribution >= 4 is 17.9 Å². The summed E-state index contributed by atoms with van der Waals surface area (Å²) in [5, 5.41) is 0. The Balaban J connectivity index is 4.45. The monoisotopic (exact) mass is 765 g/mol. The summed E-state index contributed by atoms with van der Waals surface area (Å²) in [5.41, 5.74) is 0. The number of carbonyl (C=O) groups is 3. The number of ether oxygens (including phenoxy) is 3. The van der Waals surface area contributed by atoms with Gasteiger partial charge in [0.2, 0.25) is 0 Å². The van der Waals surface area contributed by atoms with Gasteiger partial charge < -0.3 is 14.2 Å². The number of hydrogen-bond donors (Lipinski definition) is 0. The van der Waals surface area contributed by atoms with E-state index in [-0.39, 0.29) is 37.5 Å². The molecule has 55 heavy (non-hydrogen) atoms. The van der Waals surface area contributed by atoms with Crippen LogP contribution in [0.15, 0.2) is 85.1 Å². The highest BCUT2D eigenvalue weighted by Gasteiger charge is 2.19. The molecule has 0 aliphatic carbocycles. The van der Waals surface area contributed by atoms with Crippen LogP contribution in [0.2, 0.25) is 0 Å². The normalized spacial score (nSPS) is 12.9. The number of unbranched alkanes of at least 4 members (excludes halogenated alkanes) is 18. The molecular weight excluding hydrogens is 685 g/mol. The molecule has 6 heteroatoms. The van der Waals surface area contributed by atoms with Crippen molar-refractivity contribution in [1.29, 1.82) is 0 Å². The van der Waals surface area contributed by atoms with E-state index < -0.39 is 6.10 Å². The van der Waals surface area contributed by atoms with Crippen LogP contribution < -0.4 is 0 Å². The van der Waals surface area contributed by atoms with E-state index in [1.807, 2.05) is 36.5 Å². The predicted octanol–water partition coefficient (Wildman–Crippen LogP) is 14.1. The maximum absolute atomic E-state index is 12.7. The third kappa shape index (κ3) is 41.6. The molecule has 0 amide bonds. The van der Waals surface area contributed by atoms with Gasteiger partial charge in [-0.2, -0.15) is 0 Å². The summed E-state index contributed by atoms with van der Waals surface area (Å²) in [6, 6.07) is 0. The van der Waals surface area contributed by atoms with Gasteiger partial charge in [-0.25, -0.2) is 0 Å². The average Bonchev–Trinajstić information content (AvgIpc) is 3.18. The number of esters is 3. The first kappa shape index (κ1) is 51.6.